The van der Waals surface area contributed by atoms with Crippen molar-refractivity contribution < 1.29 is 14.3 Å². The zero-order valence-electron chi connectivity index (χ0n) is 11.0. The van der Waals surface area contributed by atoms with E-state index in [1.54, 1.807) is 20.1 Å². The number of carbonyl (C=O) groups excluding carboxylic acids is 2. The van der Waals surface area contributed by atoms with E-state index in [1.807, 2.05) is 0 Å². The third-order valence-electron chi connectivity index (χ3n) is 2.27. The van der Waals surface area contributed by atoms with Crippen LogP contribution in [-0.4, -0.2) is 43.6 Å². The predicted molar refractivity (Wildman–Crippen MR) is 70.6 cm³/mol. The lowest BCUT2D eigenvalue weighted by Crippen LogP contribution is -2.38. The SMILES string of the molecule is COCCNC(=O)CNC(=O)c1cc(C)nc(N)c1. The maximum atomic E-state index is 11.8. The zero-order valence-corrected chi connectivity index (χ0v) is 11.0. The van der Waals surface area contributed by atoms with Gasteiger partial charge in [-0.25, -0.2) is 4.98 Å². The summed E-state index contributed by atoms with van der Waals surface area (Å²) in [7, 11) is 1.55. The molecule has 7 nitrogen and oxygen atoms in total. The molecule has 0 unspecified atom stereocenters. The summed E-state index contributed by atoms with van der Waals surface area (Å²) in [6, 6.07) is 3.07. The van der Waals surface area contributed by atoms with Crippen molar-refractivity contribution in [2.75, 3.05) is 32.5 Å². The van der Waals surface area contributed by atoms with Crippen molar-refractivity contribution in [3.63, 3.8) is 0 Å². The van der Waals surface area contributed by atoms with Crippen LogP contribution in [0.1, 0.15) is 16.1 Å². The van der Waals surface area contributed by atoms with Gasteiger partial charge in [-0.05, 0) is 19.1 Å². The van der Waals surface area contributed by atoms with Crippen molar-refractivity contribution >= 4 is 17.6 Å². The average molecular weight is 266 g/mol. The highest BCUT2D eigenvalue weighted by Gasteiger charge is 2.09. The molecule has 0 aliphatic heterocycles. The van der Waals surface area contributed by atoms with E-state index in [4.69, 9.17) is 10.5 Å². The third kappa shape index (κ3) is 5.35. The molecule has 1 heterocycles. The van der Waals surface area contributed by atoms with Crippen LogP contribution in [0.4, 0.5) is 5.82 Å². The van der Waals surface area contributed by atoms with Crippen molar-refractivity contribution in [3.05, 3.63) is 23.4 Å². The summed E-state index contributed by atoms with van der Waals surface area (Å²) in [5, 5.41) is 5.10. The summed E-state index contributed by atoms with van der Waals surface area (Å²) in [6.07, 6.45) is 0. The largest absolute Gasteiger partial charge is 0.384 e. The molecule has 7 heteroatoms. The molecule has 1 aromatic rings. The molecule has 0 aliphatic carbocycles. The molecule has 0 atom stereocenters. The van der Waals surface area contributed by atoms with Crippen LogP contribution in [-0.2, 0) is 9.53 Å². The number of ether oxygens (including phenoxy) is 1. The predicted octanol–water partition coefficient (Wildman–Crippen LogP) is -0.535. The van der Waals surface area contributed by atoms with Crippen LogP contribution in [0.15, 0.2) is 12.1 Å². The highest BCUT2D eigenvalue weighted by molar-refractivity contribution is 5.97. The molecule has 104 valence electrons. The van der Waals surface area contributed by atoms with E-state index in [0.717, 1.165) is 0 Å². The van der Waals surface area contributed by atoms with Gasteiger partial charge in [0, 0.05) is 24.9 Å². The summed E-state index contributed by atoms with van der Waals surface area (Å²) in [5.74, 6) is -0.363. The van der Waals surface area contributed by atoms with Gasteiger partial charge in [0.25, 0.3) is 5.91 Å². The first-order valence-electron chi connectivity index (χ1n) is 5.81. The standard InChI is InChI=1S/C12H18N4O3/c1-8-5-9(6-10(13)16-8)12(18)15-7-11(17)14-3-4-19-2/h5-6H,3-4,7H2,1-2H3,(H2,13,16)(H,14,17)(H,15,18). The van der Waals surface area contributed by atoms with Crippen molar-refractivity contribution in [1.29, 1.82) is 0 Å². The first-order chi connectivity index (χ1) is 9.02. The average Bonchev–Trinajstić information content (AvgIpc) is 2.35. The van der Waals surface area contributed by atoms with Crippen LogP contribution >= 0.6 is 0 Å². The van der Waals surface area contributed by atoms with Gasteiger partial charge >= 0.3 is 0 Å². The van der Waals surface area contributed by atoms with Gasteiger partial charge in [-0.3, -0.25) is 9.59 Å². The Balaban J connectivity index is 2.44. The van der Waals surface area contributed by atoms with Gasteiger partial charge in [-0.15, -0.1) is 0 Å². The lowest BCUT2D eigenvalue weighted by Gasteiger charge is -2.07. The number of carbonyl (C=O) groups is 2. The number of aryl methyl sites for hydroxylation is 1. The van der Waals surface area contributed by atoms with E-state index in [9.17, 15) is 9.59 Å². The van der Waals surface area contributed by atoms with Crippen LogP contribution in [0.5, 0.6) is 0 Å². The molecule has 1 aromatic heterocycles. The zero-order chi connectivity index (χ0) is 14.3. The second-order valence-electron chi connectivity index (χ2n) is 3.95. The summed E-state index contributed by atoms with van der Waals surface area (Å²) < 4.78 is 4.79. The maximum Gasteiger partial charge on any atom is 0.251 e. The Morgan fingerprint density at radius 2 is 2.11 bits per heavy atom. The fourth-order valence-corrected chi connectivity index (χ4v) is 1.44. The smallest absolute Gasteiger partial charge is 0.251 e. The molecule has 0 saturated carbocycles. The second kappa shape index (κ2) is 7.32. The highest BCUT2D eigenvalue weighted by Crippen LogP contribution is 2.06. The molecule has 0 aromatic carbocycles. The Labute approximate surface area is 111 Å². The second-order valence-corrected chi connectivity index (χ2v) is 3.95. The van der Waals surface area contributed by atoms with Gasteiger partial charge in [0.1, 0.15) is 5.82 Å². The van der Waals surface area contributed by atoms with Crippen LogP contribution in [0, 0.1) is 6.92 Å². The minimum atomic E-state index is -0.362. The minimum Gasteiger partial charge on any atom is -0.384 e. The number of aromatic nitrogens is 1. The Morgan fingerprint density at radius 1 is 1.37 bits per heavy atom. The van der Waals surface area contributed by atoms with Crippen LogP contribution < -0.4 is 16.4 Å². The van der Waals surface area contributed by atoms with Crippen molar-refractivity contribution in [3.8, 4) is 0 Å². The normalized spacial score (nSPS) is 10.0. The quantitative estimate of drug-likeness (QED) is 0.600. The van der Waals surface area contributed by atoms with Crippen LogP contribution in [0.25, 0.3) is 0 Å². The van der Waals surface area contributed by atoms with Gasteiger partial charge in [0.05, 0.1) is 13.2 Å². The molecule has 4 N–H and O–H groups in total. The van der Waals surface area contributed by atoms with Crippen molar-refractivity contribution in [1.82, 2.24) is 15.6 Å². The number of nitrogen functional groups attached to an aromatic ring is 1. The molecule has 0 bridgehead atoms. The number of pyridine rings is 1. The molecule has 0 spiro atoms. The minimum absolute atomic E-state index is 0.0934. The molecule has 0 radical (unpaired) electrons. The van der Waals surface area contributed by atoms with E-state index >= 15 is 0 Å². The van der Waals surface area contributed by atoms with Gasteiger partial charge < -0.3 is 21.1 Å². The molecule has 0 saturated heterocycles. The number of nitrogens with zero attached hydrogens (tertiary/aromatic N) is 1. The number of anilines is 1. The van der Waals surface area contributed by atoms with E-state index in [1.165, 1.54) is 6.07 Å². The van der Waals surface area contributed by atoms with Crippen molar-refractivity contribution in [2.45, 2.75) is 6.92 Å². The fourth-order valence-electron chi connectivity index (χ4n) is 1.44. The molecule has 2 amide bonds. The molecule has 0 aliphatic rings. The van der Waals surface area contributed by atoms with Crippen molar-refractivity contribution in [2.24, 2.45) is 0 Å². The first-order valence-corrected chi connectivity index (χ1v) is 5.81. The Kier molecular flexibility index (Phi) is 5.74. The topological polar surface area (TPSA) is 106 Å². The first kappa shape index (κ1) is 14.9. The Hall–Kier alpha value is -2.15. The molecule has 1 rings (SSSR count). The Morgan fingerprint density at radius 3 is 2.74 bits per heavy atom. The number of hydrogen-bond acceptors (Lipinski definition) is 5. The lowest BCUT2D eigenvalue weighted by atomic mass is 10.2. The van der Waals surface area contributed by atoms with E-state index in [2.05, 4.69) is 15.6 Å². The number of nitrogens with one attached hydrogen (secondary N) is 2. The van der Waals surface area contributed by atoms with Gasteiger partial charge in [0.15, 0.2) is 0 Å². The maximum absolute atomic E-state index is 11.8. The molecular formula is C12H18N4O3. The number of amides is 2. The fraction of sp³-hybridized carbons (Fsp3) is 0.417. The monoisotopic (exact) mass is 266 g/mol. The number of nitrogens with two attached hydrogens (primary N) is 1. The lowest BCUT2D eigenvalue weighted by molar-refractivity contribution is -0.120. The van der Waals surface area contributed by atoms with Crippen LogP contribution in [0.3, 0.4) is 0 Å². The third-order valence-corrected chi connectivity index (χ3v) is 2.27. The number of hydrogen-bond donors (Lipinski definition) is 3. The molecular weight excluding hydrogens is 248 g/mol. The van der Waals surface area contributed by atoms with E-state index < -0.39 is 0 Å². The van der Waals surface area contributed by atoms with Crippen LogP contribution in [0.2, 0.25) is 0 Å². The summed E-state index contributed by atoms with van der Waals surface area (Å²) in [4.78, 5) is 27.1. The summed E-state index contributed by atoms with van der Waals surface area (Å²) in [5.41, 5.74) is 6.58. The van der Waals surface area contributed by atoms with E-state index in [0.29, 0.717) is 24.4 Å². The highest BCUT2D eigenvalue weighted by atomic mass is 16.5. The van der Waals surface area contributed by atoms with E-state index in [-0.39, 0.29) is 24.2 Å². The van der Waals surface area contributed by atoms with Gasteiger partial charge in [0.2, 0.25) is 5.91 Å². The number of methoxy groups -OCH3 is 1. The molecule has 0 fully saturated rings. The van der Waals surface area contributed by atoms with Gasteiger partial charge in [-0.1, -0.05) is 0 Å². The number of rotatable bonds is 6. The molecule has 19 heavy (non-hydrogen) atoms. The Bertz CT molecular complexity index is 442. The van der Waals surface area contributed by atoms with Gasteiger partial charge in [-0.2, -0.15) is 0 Å². The summed E-state index contributed by atoms with van der Waals surface area (Å²) >= 11 is 0. The summed E-state index contributed by atoms with van der Waals surface area (Å²) in [6.45, 7) is 2.49.